The van der Waals surface area contributed by atoms with E-state index in [0.717, 1.165) is 55.5 Å². The highest BCUT2D eigenvalue weighted by molar-refractivity contribution is 7.99. The van der Waals surface area contributed by atoms with Crippen LogP contribution in [-0.2, 0) is 23.1 Å². The van der Waals surface area contributed by atoms with Gasteiger partial charge in [-0.3, -0.25) is 4.79 Å². The minimum atomic E-state index is -3.95. The van der Waals surface area contributed by atoms with Gasteiger partial charge in [0.05, 0.1) is 23.1 Å². The predicted octanol–water partition coefficient (Wildman–Crippen LogP) is 5.36. The van der Waals surface area contributed by atoms with Crippen LogP contribution in [0.4, 0.5) is 5.69 Å². The first kappa shape index (κ1) is 36.3. The van der Waals surface area contributed by atoms with Crippen LogP contribution in [0.2, 0.25) is 5.02 Å². The standard InChI is InChI=1S/C35H50ClN3O6S2/c1-24-6-5-14-35(42,22-46-23-37-15-17-40)31-12-9-28(31)20-39-16-4-3-7-26-18-30(36)11-8-29(26)21-45-33-13-10-27(19-32(33)39)34(41)38-47(43,44)25(24)2/h8,10-11,13,18-19,24-25,28,31,37,40,42H,3-7,9,12,14-17,20-23H2,1-2H3,(H,38,41)/t24-,25+,28-,31+,35?/m0/s1. The van der Waals surface area contributed by atoms with Gasteiger partial charge in [0, 0.05) is 41.8 Å². The molecule has 260 valence electrons. The maximum Gasteiger partial charge on any atom is 0.264 e. The van der Waals surface area contributed by atoms with Crippen LogP contribution in [0.5, 0.6) is 5.75 Å². The minimum absolute atomic E-state index is 0.0670. The highest BCUT2D eigenvalue weighted by Gasteiger charge is 2.47. The van der Waals surface area contributed by atoms with E-state index in [-0.39, 0.29) is 29.9 Å². The molecule has 4 N–H and O–H groups in total. The van der Waals surface area contributed by atoms with Crippen molar-refractivity contribution in [3.63, 3.8) is 0 Å². The number of anilines is 1. The number of benzene rings is 2. The van der Waals surface area contributed by atoms with E-state index in [2.05, 4.69) is 14.9 Å². The Balaban J connectivity index is 1.50. The summed E-state index contributed by atoms with van der Waals surface area (Å²) in [5, 5.41) is 24.6. The fourth-order valence-electron chi connectivity index (χ4n) is 7.23. The zero-order chi connectivity index (χ0) is 33.6. The molecule has 2 heterocycles. The largest absolute Gasteiger partial charge is 0.487 e. The molecule has 9 nitrogen and oxygen atoms in total. The molecule has 2 aliphatic heterocycles. The topological polar surface area (TPSA) is 128 Å². The van der Waals surface area contributed by atoms with Gasteiger partial charge in [-0.05, 0) is 111 Å². The minimum Gasteiger partial charge on any atom is -0.487 e. The summed E-state index contributed by atoms with van der Waals surface area (Å²) in [5.41, 5.74) is 2.35. The Morgan fingerprint density at radius 2 is 1.94 bits per heavy atom. The SMILES string of the molecule is C[C@@H]1[C@@H](C)CCCC(O)(CSCNCCO)[C@@H]2CC[C@H]2CN2CCCCc3cc(Cl)ccc3COc3ccc(cc32)C(=O)NS1(=O)=O. The molecule has 3 aliphatic rings. The summed E-state index contributed by atoms with van der Waals surface area (Å²) in [5.74, 6) is 1.33. The third kappa shape index (κ3) is 8.97. The van der Waals surface area contributed by atoms with E-state index >= 15 is 0 Å². The van der Waals surface area contributed by atoms with Crippen molar-refractivity contribution in [2.24, 2.45) is 17.8 Å². The van der Waals surface area contributed by atoms with E-state index in [1.807, 2.05) is 25.1 Å². The molecule has 2 aromatic carbocycles. The molecule has 1 unspecified atom stereocenters. The van der Waals surface area contributed by atoms with Gasteiger partial charge in [-0.1, -0.05) is 31.0 Å². The summed E-state index contributed by atoms with van der Waals surface area (Å²) >= 11 is 7.99. The normalized spacial score (nSPS) is 28.4. The van der Waals surface area contributed by atoms with E-state index in [1.54, 1.807) is 36.9 Å². The van der Waals surface area contributed by atoms with Crippen molar-refractivity contribution in [3.8, 4) is 5.75 Å². The summed E-state index contributed by atoms with van der Waals surface area (Å²) in [6.07, 6.45) is 6.55. The Morgan fingerprint density at radius 3 is 2.70 bits per heavy atom. The molecule has 0 aromatic heterocycles. The molecule has 1 fully saturated rings. The predicted molar refractivity (Wildman–Crippen MR) is 190 cm³/mol. The zero-order valence-electron chi connectivity index (χ0n) is 27.5. The Kier molecular flexibility index (Phi) is 12.4. The maximum absolute atomic E-state index is 13.5. The second-order valence-corrected chi connectivity index (χ2v) is 17.1. The van der Waals surface area contributed by atoms with E-state index in [1.165, 1.54) is 0 Å². The molecule has 0 saturated heterocycles. The first-order valence-corrected chi connectivity index (χ1v) is 20.1. The molecule has 2 aromatic rings. The third-order valence-electron chi connectivity index (χ3n) is 10.4. The van der Waals surface area contributed by atoms with Gasteiger partial charge >= 0.3 is 0 Å². The first-order valence-electron chi connectivity index (χ1n) is 17.0. The number of fused-ring (bicyclic) bond motifs is 3. The molecule has 12 heteroatoms. The average Bonchev–Trinajstić information content (AvgIpc) is 3.05. The molecule has 1 saturated carbocycles. The van der Waals surface area contributed by atoms with Crippen molar-refractivity contribution >= 4 is 45.0 Å². The number of carbonyl (C=O) groups excluding carboxylic acids is 1. The average molecular weight is 708 g/mol. The quantitative estimate of drug-likeness (QED) is 0.232. The summed E-state index contributed by atoms with van der Waals surface area (Å²) in [7, 11) is -3.95. The second kappa shape index (κ2) is 16.1. The Morgan fingerprint density at radius 1 is 1.11 bits per heavy atom. The van der Waals surface area contributed by atoms with E-state index < -0.39 is 26.8 Å². The molecule has 1 amide bonds. The summed E-state index contributed by atoms with van der Waals surface area (Å²) in [6, 6.07) is 11.1. The molecule has 0 spiro atoms. The van der Waals surface area contributed by atoms with Gasteiger partial charge in [0.25, 0.3) is 5.91 Å². The van der Waals surface area contributed by atoms with Crippen LogP contribution in [-0.4, -0.2) is 73.3 Å². The van der Waals surface area contributed by atoms with Crippen LogP contribution in [0.25, 0.3) is 0 Å². The lowest BCUT2D eigenvalue weighted by Crippen LogP contribution is -2.52. The van der Waals surface area contributed by atoms with Crippen LogP contribution in [0, 0.1) is 17.8 Å². The number of nitrogens with one attached hydrogen (secondary N) is 2. The second-order valence-electron chi connectivity index (χ2n) is 13.6. The number of hydrogen-bond donors (Lipinski definition) is 4. The van der Waals surface area contributed by atoms with Gasteiger partial charge in [-0.15, -0.1) is 11.8 Å². The lowest BCUT2D eigenvalue weighted by atomic mass is 9.63. The van der Waals surface area contributed by atoms with Crippen LogP contribution >= 0.6 is 23.4 Å². The zero-order valence-corrected chi connectivity index (χ0v) is 29.9. The number of halogens is 1. The number of sulfonamides is 1. The highest BCUT2D eigenvalue weighted by Crippen LogP contribution is 2.47. The van der Waals surface area contributed by atoms with Crippen LogP contribution in [0.15, 0.2) is 36.4 Å². The van der Waals surface area contributed by atoms with Crippen molar-refractivity contribution in [1.29, 1.82) is 0 Å². The van der Waals surface area contributed by atoms with Crippen molar-refractivity contribution in [1.82, 2.24) is 10.0 Å². The van der Waals surface area contributed by atoms with Crippen molar-refractivity contribution < 1.29 is 28.2 Å². The number of ether oxygens (including phenoxy) is 1. The lowest BCUT2D eigenvalue weighted by Gasteiger charge is -2.49. The number of rotatable bonds is 6. The third-order valence-corrected chi connectivity index (χ3v) is 13.7. The van der Waals surface area contributed by atoms with Crippen LogP contribution in [0.3, 0.4) is 0 Å². The first-order chi connectivity index (χ1) is 22.5. The number of aliphatic hydroxyl groups excluding tert-OH is 1. The molecule has 2 bridgehead atoms. The Hall–Kier alpha value is -2.02. The van der Waals surface area contributed by atoms with Gasteiger partial charge in [0.2, 0.25) is 10.0 Å². The molecule has 5 atom stereocenters. The number of hydrogen-bond acceptors (Lipinski definition) is 9. The smallest absolute Gasteiger partial charge is 0.264 e. The van der Waals surface area contributed by atoms with E-state index in [0.29, 0.717) is 61.4 Å². The number of nitrogens with zero attached hydrogens (tertiary/aromatic N) is 1. The van der Waals surface area contributed by atoms with Gasteiger partial charge in [0.15, 0.2) is 0 Å². The number of carbonyl (C=O) groups is 1. The molecular formula is C35H50ClN3O6S2. The molecular weight excluding hydrogens is 658 g/mol. The van der Waals surface area contributed by atoms with Crippen LogP contribution in [0.1, 0.15) is 80.3 Å². The number of thioether (sulfide) groups is 1. The van der Waals surface area contributed by atoms with Crippen molar-refractivity contribution in [3.05, 3.63) is 58.1 Å². The number of amides is 1. The maximum atomic E-state index is 13.5. The Bertz CT molecular complexity index is 1490. The van der Waals surface area contributed by atoms with Crippen LogP contribution < -0.4 is 19.7 Å². The number of aryl methyl sites for hydroxylation is 1. The molecule has 47 heavy (non-hydrogen) atoms. The van der Waals surface area contributed by atoms with Crippen molar-refractivity contribution in [2.45, 2.75) is 82.7 Å². The van der Waals surface area contributed by atoms with E-state index in [9.17, 15) is 18.3 Å². The summed E-state index contributed by atoms with van der Waals surface area (Å²) in [4.78, 5) is 15.7. The van der Waals surface area contributed by atoms with E-state index in [4.69, 9.17) is 21.4 Å². The molecule has 5 rings (SSSR count). The van der Waals surface area contributed by atoms with Gasteiger partial charge in [-0.2, -0.15) is 0 Å². The monoisotopic (exact) mass is 707 g/mol. The lowest BCUT2D eigenvalue weighted by molar-refractivity contribution is -0.0707. The summed E-state index contributed by atoms with van der Waals surface area (Å²) in [6.45, 7) is 5.90. The fraction of sp³-hybridized carbons (Fsp3) is 0.629. The van der Waals surface area contributed by atoms with Gasteiger partial charge < -0.3 is 25.2 Å². The number of aliphatic hydroxyl groups is 2. The van der Waals surface area contributed by atoms with Crippen molar-refractivity contribution in [2.75, 3.05) is 42.8 Å². The molecule has 1 aliphatic carbocycles. The summed E-state index contributed by atoms with van der Waals surface area (Å²) < 4.78 is 35.6. The van der Waals surface area contributed by atoms with Gasteiger partial charge in [0.1, 0.15) is 12.4 Å². The van der Waals surface area contributed by atoms with Gasteiger partial charge in [-0.25, -0.2) is 13.1 Å². The highest BCUT2D eigenvalue weighted by atomic mass is 35.5. The Labute approximate surface area is 289 Å². The fourth-order valence-corrected chi connectivity index (χ4v) is 9.83. The molecule has 0 radical (unpaired) electrons.